The molecule has 1 aliphatic heterocycles. The second kappa shape index (κ2) is 7.12. The van der Waals surface area contributed by atoms with Gasteiger partial charge >= 0.3 is 6.61 Å². The number of rotatable bonds is 4. The Labute approximate surface area is 144 Å². The van der Waals surface area contributed by atoms with Gasteiger partial charge in [0.25, 0.3) is 5.91 Å². The first kappa shape index (κ1) is 18.1. The summed E-state index contributed by atoms with van der Waals surface area (Å²) in [5.41, 5.74) is 1.52. The van der Waals surface area contributed by atoms with Crippen molar-refractivity contribution in [1.82, 2.24) is 15.1 Å². The monoisotopic (exact) mass is 355 g/mol. The zero-order valence-corrected chi connectivity index (χ0v) is 14.7. The van der Waals surface area contributed by atoms with Crippen molar-refractivity contribution in [3.8, 4) is 5.75 Å². The quantitative estimate of drug-likeness (QED) is 0.841. The Balaban J connectivity index is 2.59. The summed E-state index contributed by atoms with van der Waals surface area (Å²) in [5.74, 6) is -0.222. The SMILES string of the molecule is CC1=C(C(=O)N(C)C)C(c2ccccc2OC(F)F)NC(=S)N1C. The molecule has 0 saturated carbocycles. The molecule has 0 fully saturated rings. The van der Waals surface area contributed by atoms with E-state index in [2.05, 4.69) is 10.1 Å². The molecule has 1 aliphatic rings. The minimum absolute atomic E-state index is 0.00853. The van der Waals surface area contributed by atoms with Crippen LogP contribution in [-0.2, 0) is 4.79 Å². The summed E-state index contributed by atoms with van der Waals surface area (Å²) in [6.07, 6.45) is 0. The predicted molar refractivity (Wildman–Crippen MR) is 90.7 cm³/mol. The molecule has 5 nitrogen and oxygen atoms in total. The maximum absolute atomic E-state index is 12.7. The summed E-state index contributed by atoms with van der Waals surface area (Å²) in [4.78, 5) is 15.8. The second-order valence-corrected chi connectivity index (χ2v) is 5.94. The Morgan fingerprint density at radius 1 is 1.38 bits per heavy atom. The molecule has 0 bridgehead atoms. The lowest BCUT2D eigenvalue weighted by Gasteiger charge is -2.37. The van der Waals surface area contributed by atoms with Gasteiger partial charge in [-0.25, -0.2) is 0 Å². The lowest BCUT2D eigenvalue weighted by Crippen LogP contribution is -2.47. The fraction of sp³-hybridized carbons (Fsp3) is 0.375. The molecule has 0 aromatic heterocycles. The first-order chi connectivity index (χ1) is 11.2. The van der Waals surface area contributed by atoms with E-state index in [0.717, 1.165) is 0 Å². The zero-order chi connectivity index (χ0) is 18.0. The number of carbonyl (C=O) groups excluding carboxylic acids is 1. The number of allylic oxidation sites excluding steroid dienone is 1. The molecule has 1 heterocycles. The van der Waals surface area contributed by atoms with Crippen LogP contribution in [0.5, 0.6) is 5.75 Å². The lowest BCUT2D eigenvalue weighted by molar-refractivity contribution is -0.125. The van der Waals surface area contributed by atoms with Crippen molar-refractivity contribution in [1.29, 1.82) is 0 Å². The number of carbonyl (C=O) groups is 1. The van der Waals surface area contributed by atoms with E-state index in [1.807, 2.05) is 0 Å². The number of para-hydroxylation sites is 1. The summed E-state index contributed by atoms with van der Waals surface area (Å²) < 4.78 is 30.0. The molecule has 24 heavy (non-hydrogen) atoms. The summed E-state index contributed by atoms with van der Waals surface area (Å²) in [6, 6.07) is 5.71. The normalized spacial score (nSPS) is 17.9. The highest BCUT2D eigenvalue weighted by Crippen LogP contribution is 2.36. The van der Waals surface area contributed by atoms with Crippen LogP contribution in [0, 0.1) is 0 Å². The van der Waals surface area contributed by atoms with Gasteiger partial charge in [0, 0.05) is 32.4 Å². The van der Waals surface area contributed by atoms with Crippen molar-refractivity contribution in [3.63, 3.8) is 0 Å². The van der Waals surface area contributed by atoms with Crippen LogP contribution < -0.4 is 10.1 Å². The fourth-order valence-corrected chi connectivity index (χ4v) is 2.76. The Morgan fingerprint density at radius 2 is 2.00 bits per heavy atom. The Morgan fingerprint density at radius 3 is 2.58 bits per heavy atom. The van der Waals surface area contributed by atoms with Gasteiger partial charge in [-0.15, -0.1) is 0 Å². The molecule has 2 rings (SSSR count). The van der Waals surface area contributed by atoms with Crippen LogP contribution in [0.4, 0.5) is 8.78 Å². The number of alkyl halides is 2. The van der Waals surface area contributed by atoms with Gasteiger partial charge in [-0.05, 0) is 25.2 Å². The molecule has 1 aromatic rings. The largest absolute Gasteiger partial charge is 0.434 e. The molecule has 8 heteroatoms. The highest BCUT2D eigenvalue weighted by molar-refractivity contribution is 7.80. The third-order valence-corrected chi connectivity index (χ3v) is 4.23. The van der Waals surface area contributed by atoms with Gasteiger partial charge in [-0.2, -0.15) is 8.78 Å². The summed E-state index contributed by atoms with van der Waals surface area (Å²) in [5, 5.41) is 3.44. The van der Waals surface area contributed by atoms with E-state index < -0.39 is 12.7 Å². The number of hydrogen-bond acceptors (Lipinski definition) is 3. The first-order valence-corrected chi connectivity index (χ1v) is 7.65. The predicted octanol–water partition coefficient (Wildman–Crippen LogP) is 2.51. The molecule has 1 unspecified atom stereocenters. The van der Waals surface area contributed by atoms with Crippen LogP contribution in [0.15, 0.2) is 35.5 Å². The molecule has 0 aliphatic carbocycles. The molecule has 1 N–H and O–H groups in total. The number of ether oxygens (including phenoxy) is 1. The number of thiocarbonyl (C=S) groups is 1. The molecular formula is C16H19F2N3O2S. The molecule has 0 saturated heterocycles. The van der Waals surface area contributed by atoms with Crippen LogP contribution in [0.25, 0.3) is 0 Å². The Hall–Kier alpha value is -2.22. The smallest absolute Gasteiger partial charge is 0.387 e. The molecule has 0 spiro atoms. The van der Waals surface area contributed by atoms with Crippen LogP contribution >= 0.6 is 12.2 Å². The summed E-state index contributed by atoms with van der Waals surface area (Å²) >= 11 is 5.29. The molecule has 1 atom stereocenters. The number of nitrogens with one attached hydrogen (secondary N) is 1. The van der Waals surface area contributed by atoms with Crippen molar-refractivity contribution >= 4 is 23.2 Å². The van der Waals surface area contributed by atoms with Crippen molar-refractivity contribution in [2.45, 2.75) is 19.6 Å². The minimum atomic E-state index is -2.96. The van der Waals surface area contributed by atoms with E-state index in [1.54, 1.807) is 51.2 Å². The van der Waals surface area contributed by atoms with Crippen LogP contribution in [0.3, 0.4) is 0 Å². The average Bonchev–Trinajstić information content (AvgIpc) is 2.51. The van der Waals surface area contributed by atoms with E-state index in [-0.39, 0.29) is 11.7 Å². The molecule has 0 radical (unpaired) electrons. The highest BCUT2D eigenvalue weighted by atomic mass is 32.1. The Bertz CT molecular complexity index is 692. The lowest BCUT2D eigenvalue weighted by atomic mass is 9.93. The summed E-state index contributed by atoms with van der Waals surface area (Å²) in [6.45, 7) is -1.18. The van der Waals surface area contributed by atoms with Gasteiger partial charge in [0.15, 0.2) is 5.11 Å². The maximum Gasteiger partial charge on any atom is 0.387 e. The van der Waals surface area contributed by atoms with E-state index in [1.165, 1.54) is 11.0 Å². The van der Waals surface area contributed by atoms with Gasteiger partial charge in [0.2, 0.25) is 0 Å². The average molecular weight is 355 g/mol. The van der Waals surface area contributed by atoms with E-state index >= 15 is 0 Å². The summed E-state index contributed by atoms with van der Waals surface area (Å²) in [7, 11) is 5.01. The van der Waals surface area contributed by atoms with E-state index in [4.69, 9.17) is 12.2 Å². The van der Waals surface area contributed by atoms with Crippen molar-refractivity contribution in [2.75, 3.05) is 21.1 Å². The third kappa shape index (κ3) is 3.48. The number of benzene rings is 1. The number of hydrogen-bond donors (Lipinski definition) is 1. The third-order valence-electron chi connectivity index (χ3n) is 3.84. The van der Waals surface area contributed by atoms with Crippen LogP contribution in [0.1, 0.15) is 18.5 Å². The van der Waals surface area contributed by atoms with Gasteiger partial charge < -0.3 is 19.9 Å². The van der Waals surface area contributed by atoms with Crippen LogP contribution in [-0.4, -0.2) is 48.6 Å². The first-order valence-electron chi connectivity index (χ1n) is 7.24. The van der Waals surface area contributed by atoms with E-state index in [9.17, 15) is 13.6 Å². The fourth-order valence-electron chi connectivity index (χ4n) is 2.51. The van der Waals surface area contributed by atoms with Crippen molar-refractivity contribution in [3.05, 3.63) is 41.1 Å². The van der Waals surface area contributed by atoms with Crippen LogP contribution in [0.2, 0.25) is 0 Å². The van der Waals surface area contributed by atoms with Crippen molar-refractivity contribution < 1.29 is 18.3 Å². The number of amides is 1. The van der Waals surface area contributed by atoms with Crippen molar-refractivity contribution in [2.24, 2.45) is 0 Å². The van der Waals surface area contributed by atoms with E-state index in [0.29, 0.717) is 21.9 Å². The number of halogens is 2. The van der Waals surface area contributed by atoms with Gasteiger partial charge in [0.05, 0.1) is 11.6 Å². The second-order valence-electron chi connectivity index (χ2n) is 5.56. The molecule has 1 aromatic carbocycles. The van der Waals surface area contributed by atoms with Gasteiger partial charge in [-0.1, -0.05) is 18.2 Å². The maximum atomic E-state index is 12.7. The molecule has 130 valence electrons. The molecular weight excluding hydrogens is 336 g/mol. The number of likely N-dealkylation sites (N-methyl/N-ethyl adjacent to an activating group) is 1. The minimum Gasteiger partial charge on any atom is -0.434 e. The zero-order valence-electron chi connectivity index (χ0n) is 13.8. The highest BCUT2D eigenvalue weighted by Gasteiger charge is 2.34. The topological polar surface area (TPSA) is 44.8 Å². The van der Waals surface area contributed by atoms with Gasteiger partial charge in [-0.3, -0.25) is 4.79 Å². The standard InChI is InChI=1S/C16H19F2N3O2S/c1-9-12(14(22)20(2)3)13(19-16(24)21(9)4)10-7-5-6-8-11(10)23-15(17)18/h5-8,13,15H,1-4H3,(H,19,24). The number of nitrogens with zero attached hydrogens (tertiary/aromatic N) is 2. The Kier molecular flexibility index (Phi) is 5.38. The van der Waals surface area contributed by atoms with Gasteiger partial charge in [0.1, 0.15) is 5.75 Å². The molecule has 1 amide bonds.